The lowest BCUT2D eigenvalue weighted by Crippen LogP contribution is -2.51. The topological polar surface area (TPSA) is 3.24 Å². The number of thioether (sulfide) groups is 1. The molecule has 0 amide bonds. The van der Waals surface area contributed by atoms with Crippen LogP contribution in [0.4, 0.5) is 0 Å². The molecule has 1 heterocycles. The van der Waals surface area contributed by atoms with Gasteiger partial charge < -0.3 is 0 Å². The van der Waals surface area contributed by atoms with E-state index in [-0.39, 0.29) is 5.54 Å². The summed E-state index contributed by atoms with van der Waals surface area (Å²) in [6.07, 6.45) is 5.53. The van der Waals surface area contributed by atoms with Gasteiger partial charge in [0.1, 0.15) is 0 Å². The Morgan fingerprint density at radius 2 is 1.77 bits per heavy atom. The van der Waals surface area contributed by atoms with Crippen LogP contribution in [0.1, 0.15) is 27.7 Å². The van der Waals surface area contributed by atoms with Gasteiger partial charge in [-0.3, -0.25) is 4.90 Å². The van der Waals surface area contributed by atoms with E-state index in [0.29, 0.717) is 10.5 Å². The number of hydrogen-bond donors (Lipinski definition) is 0. The molecule has 2 heteroatoms. The highest BCUT2D eigenvalue weighted by atomic mass is 32.2. The molecule has 1 fully saturated rings. The second kappa shape index (κ2) is 3.94. The first kappa shape index (κ1) is 10.9. The summed E-state index contributed by atoms with van der Waals surface area (Å²) in [5.41, 5.74) is -0.0799. The minimum Gasteiger partial charge on any atom is -0.286 e. The molecule has 1 saturated heterocycles. The van der Waals surface area contributed by atoms with Crippen molar-refractivity contribution >= 4 is 11.8 Å². The molecule has 2 atom stereocenters. The third kappa shape index (κ3) is 2.65. The van der Waals surface area contributed by atoms with Gasteiger partial charge in [-0.1, -0.05) is 19.8 Å². The van der Waals surface area contributed by atoms with E-state index >= 15 is 0 Å². The largest absolute Gasteiger partial charge is 0.286 e. The molecule has 74 valence electrons. The molecule has 0 aromatic heterocycles. The lowest BCUT2D eigenvalue weighted by molar-refractivity contribution is 0.168. The van der Waals surface area contributed by atoms with Gasteiger partial charge in [-0.05, 0) is 13.8 Å². The average Bonchev–Trinajstić information content (AvgIpc) is 2.02. The summed E-state index contributed by atoms with van der Waals surface area (Å²) < 4.78 is 0. The van der Waals surface area contributed by atoms with Gasteiger partial charge in [0.05, 0.1) is 5.54 Å². The van der Waals surface area contributed by atoms with E-state index in [9.17, 15) is 0 Å². The molecule has 0 aromatic rings. The standard InChI is InChI=1S/C11H19NS/c1-6-11(4,5)12-7-9(2)13-10(3)8-12/h1,9-10H,7-8H2,2-5H3. The Labute approximate surface area is 86.3 Å². The van der Waals surface area contributed by atoms with Crippen LogP contribution in [0.2, 0.25) is 0 Å². The Bertz CT molecular complexity index is 207. The summed E-state index contributed by atoms with van der Waals surface area (Å²) in [7, 11) is 0. The van der Waals surface area contributed by atoms with E-state index < -0.39 is 0 Å². The van der Waals surface area contributed by atoms with E-state index in [1.54, 1.807) is 0 Å². The van der Waals surface area contributed by atoms with Gasteiger partial charge in [0.25, 0.3) is 0 Å². The molecule has 1 aliphatic rings. The van der Waals surface area contributed by atoms with Crippen molar-refractivity contribution < 1.29 is 0 Å². The maximum Gasteiger partial charge on any atom is 0.0766 e. The predicted molar refractivity (Wildman–Crippen MR) is 61.0 cm³/mol. The molecular formula is C11H19NS. The van der Waals surface area contributed by atoms with Gasteiger partial charge >= 0.3 is 0 Å². The van der Waals surface area contributed by atoms with Crippen molar-refractivity contribution in [2.75, 3.05) is 13.1 Å². The van der Waals surface area contributed by atoms with E-state index in [1.807, 2.05) is 0 Å². The molecule has 13 heavy (non-hydrogen) atoms. The molecule has 0 aliphatic carbocycles. The SMILES string of the molecule is C#CC(C)(C)N1CC(C)SC(C)C1. The summed E-state index contributed by atoms with van der Waals surface area (Å²) in [6.45, 7) is 11.0. The Balaban J connectivity index is 2.66. The first-order valence-electron chi connectivity index (χ1n) is 4.84. The molecule has 0 radical (unpaired) electrons. The van der Waals surface area contributed by atoms with Crippen molar-refractivity contribution in [3.63, 3.8) is 0 Å². The zero-order valence-electron chi connectivity index (χ0n) is 9.00. The van der Waals surface area contributed by atoms with E-state index in [0.717, 1.165) is 13.1 Å². The lowest BCUT2D eigenvalue weighted by Gasteiger charge is -2.42. The fourth-order valence-corrected chi connectivity index (χ4v) is 3.05. The highest BCUT2D eigenvalue weighted by molar-refractivity contribution is 8.00. The Morgan fingerprint density at radius 1 is 1.31 bits per heavy atom. The maximum atomic E-state index is 5.53. The smallest absolute Gasteiger partial charge is 0.0766 e. The fourth-order valence-electron chi connectivity index (χ4n) is 1.73. The number of hydrogen-bond acceptors (Lipinski definition) is 2. The van der Waals surface area contributed by atoms with E-state index in [1.165, 1.54) is 0 Å². The second-order valence-electron chi connectivity index (χ2n) is 4.37. The minimum absolute atomic E-state index is 0.0799. The van der Waals surface area contributed by atoms with Crippen molar-refractivity contribution in [3.8, 4) is 12.3 Å². The molecule has 1 rings (SSSR count). The van der Waals surface area contributed by atoms with Gasteiger partial charge in [0.15, 0.2) is 0 Å². The van der Waals surface area contributed by atoms with Crippen LogP contribution in [-0.2, 0) is 0 Å². The van der Waals surface area contributed by atoms with Gasteiger partial charge in [-0.25, -0.2) is 0 Å². The maximum absolute atomic E-state index is 5.53. The van der Waals surface area contributed by atoms with E-state index in [4.69, 9.17) is 6.42 Å². The lowest BCUT2D eigenvalue weighted by atomic mass is 10.0. The summed E-state index contributed by atoms with van der Waals surface area (Å²) in [6, 6.07) is 0. The summed E-state index contributed by atoms with van der Waals surface area (Å²) in [5.74, 6) is 2.87. The predicted octanol–water partition coefficient (Wildman–Crippen LogP) is 2.22. The first-order chi connectivity index (χ1) is 5.95. The van der Waals surface area contributed by atoms with Crippen molar-refractivity contribution in [2.24, 2.45) is 0 Å². The Kier molecular flexibility index (Phi) is 3.32. The Morgan fingerprint density at radius 3 is 2.15 bits per heavy atom. The number of rotatable bonds is 1. The third-order valence-electron chi connectivity index (χ3n) is 2.56. The van der Waals surface area contributed by atoms with Gasteiger partial charge in [-0.15, -0.1) is 6.42 Å². The zero-order valence-corrected chi connectivity index (χ0v) is 9.82. The highest BCUT2D eigenvalue weighted by Crippen LogP contribution is 2.28. The van der Waals surface area contributed by atoms with Crippen LogP contribution in [0.5, 0.6) is 0 Å². The van der Waals surface area contributed by atoms with Crippen molar-refractivity contribution in [2.45, 2.75) is 43.7 Å². The van der Waals surface area contributed by atoms with Crippen LogP contribution in [0.15, 0.2) is 0 Å². The minimum atomic E-state index is -0.0799. The molecular weight excluding hydrogens is 178 g/mol. The fraction of sp³-hybridized carbons (Fsp3) is 0.818. The molecule has 0 bridgehead atoms. The first-order valence-corrected chi connectivity index (χ1v) is 5.78. The summed E-state index contributed by atoms with van der Waals surface area (Å²) in [5, 5.41) is 1.41. The van der Waals surface area contributed by atoms with Crippen molar-refractivity contribution in [1.82, 2.24) is 4.90 Å². The van der Waals surface area contributed by atoms with Gasteiger partial charge in [-0.2, -0.15) is 11.8 Å². The second-order valence-corrected chi connectivity index (χ2v) is 6.25. The third-order valence-corrected chi connectivity index (χ3v) is 3.79. The number of terminal acetylenes is 1. The molecule has 0 aromatic carbocycles. The zero-order chi connectivity index (χ0) is 10.1. The van der Waals surface area contributed by atoms with Crippen LogP contribution in [0, 0.1) is 12.3 Å². The molecule has 1 nitrogen and oxygen atoms in total. The average molecular weight is 197 g/mol. The normalized spacial score (nSPS) is 31.3. The quantitative estimate of drug-likeness (QED) is 0.593. The number of nitrogens with zero attached hydrogens (tertiary/aromatic N) is 1. The van der Waals surface area contributed by atoms with Crippen LogP contribution >= 0.6 is 11.8 Å². The van der Waals surface area contributed by atoms with Crippen molar-refractivity contribution in [3.05, 3.63) is 0 Å². The molecule has 0 saturated carbocycles. The van der Waals surface area contributed by atoms with Crippen LogP contribution < -0.4 is 0 Å². The van der Waals surface area contributed by atoms with Crippen LogP contribution in [-0.4, -0.2) is 34.0 Å². The highest BCUT2D eigenvalue weighted by Gasteiger charge is 2.31. The van der Waals surface area contributed by atoms with Gasteiger partial charge in [0.2, 0.25) is 0 Å². The van der Waals surface area contributed by atoms with Gasteiger partial charge in [0, 0.05) is 23.6 Å². The summed E-state index contributed by atoms with van der Waals surface area (Å²) >= 11 is 2.06. The van der Waals surface area contributed by atoms with Crippen LogP contribution in [0.25, 0.3) is 0 Å². The van der Waals surface area contributed by atoms with E-state index in [2.05, 4.69) is 50.3 Å². The Hall–Kier alpha value is -0.130. The van der Waals surface area contributed by atoms with Crippen LogP contribution in [0.3, 0.4) is 0 Å². The molecule has 0 N–H and O–H groups in total. The molecule has 0 spiro atoms. The molecule has 1 aliphatic heterocycles. The summed E-state index contributed by atoms with van der Waals surface area (Å²) in [4.78, 5) is 2.42. The van der Waals surface area contributed by atoms with Crippen molar-refractivity contribution in [1.29, 1.82) is 0 Å². The monoisotopic (exact) mass is 197 g/mol. The molecule has 2 unspecified atom stereocenters.